The molecule has 1 aromatic carbocycles. The van der Waals surface area contributed by atoms with Gasteiger partial charge in [-0.25, -0.2) is 18.4 Å². The quantitative estimate of drug-likeness (QED) is 0.325. The molecule has 0 unspecified atom stereocenters. The summed E-state index contributed by atoms with van der Waals surface area (Å²) in [6.45, 7) is 0. The first kappa shape index (κ1) is 25.4. The second-order valence-corrected chi connectivity index (χ2v) is 12.7. The number of carbonyl (C=O) groups is 1. The minimum absolute atomic E-state index is 0.00686. The number of piperidine rings is 1. The van der Waals surface area contributed by atoms with Gasteiger partial charge >= 0.3 is 0 Å². The molecule has 2 fully saturated rings. The number of hydrogen-bond donors (Lipinski definition) is 2. The van der Waals surface area contributed by atoms with Crippen LogP contribution in [0.3, 0.4) is 0 Å². The highest BCUT2D eigenvalue weighted by Gasteiger charge is 2.46. The summed E-state index contributed by atoms with van der Waals surface area (Å²) >= 11 is 0. The normalized spacial score (nSPS) is 20.5. The third kappa shape index (κ3) is 4.26. The molecule has 0 aliphatic carbocycles. The Labute approximate surface area is 236 Å². The number of aromatic nitrogens is 6. The minimum Gasteiger partial charge on any atom is -0.382 e. The van der Waals surface area contributed by atoms with Gasteiger partial charge in [0, 0.05) is 59.5 Å². The molecule has 5 aromatic rings. The van der Waals surface area contributed by atoms with E-state index in [9.17, 15) is 13.2 Å². The molecule has 12 heteroatoms. The van der Waals surface area contributed by atoms with Gasteiger partial charge < -0.3 is 15.6 Å². The van der Waals surface area contributed by atoms with Crippen LogP contribution >= 0.6 is 0 Å². The van der Waals surface area contributed by atoms with E-state index in [4.69, 9.17) is 10.7 Å². The fourth-order valence-electron chi connectivity index (χ4n) is 6.45. The molecule has 6 heterocycles. The van der Waals surface area contributed by atoms with Crippen LogP contribution in [0.25, 0.3) is 28.0 Å². The van der Waals surface area contributed by atoms with E-state index in [0.29, 0.717) is 35.6 Å². The first-order valence-electron chi connectivity index (χ1n) is 13.5. The average Bonchev–Trinajstić information content (AvgIpc) is 3.71. The van der Waals surface area contributed by atoms with Gasteiger partial charge in [0.15, 0.2) is 21.3 Å². The first-order valence-corrected chi connectivity index (χ1v) is 15.4. The fourth-order valence-corrected chi connectivity index (χ4v) is 7.51. The van der Waals surface area contributed by atoms with Crippen LogP contribution in [-0.4, -0.2) is 67.1 Å². The van der Waals surface area contributed by atoms with E-state index in [2.05, 4.69) is 20.1 Å². The van der Waals surface area contributed by atoms with Crippen LogP contribution in [-0.2, 0) is 9.84 Å². The third-order valence-electron chi connectivity index (χ3n) is 8.23. The number of pyridine rings is 1. The van der Waals surface area contributed by atoms with E-state index in [0.717, 1.165) is 35.9 Å². The lowest BCUT2D eigenvalue weighted by Crippen LogP contribution is -2.46. The summed E-state index contributed by atoms with van der Waals surface area (Å²) in [5.74, 6) is 0.0362. The molecule has 0 saturated carbocycles. The highest BCUT2D eigenvalue weighted by atomic mass is 32.2. The van der Waals surface area contributed by atoms with Crippen molar-refractivity contribution in [2.75, 3.05) is 12.0 Å². The Morgan fingerprint density at radius 3 is 2.39 bits per heavy atom. The van der Waals surface area contributed by atoms with E-state index >= 15 is 0 Å². The minimum atomic E-state index is -3.73. The van der Waals surface area contributed by atoms with Gasteiger partial charge in [-0.3, -0.25) is 9.78 Å². The summed E-state index contributed by atoms with van der Waals surface area (Å²) in [4.78, 5) is 31.7. The smallest absolute Gasteiger partial charge is 0.290 e. The second-order valence-electron chi connectivity index (χ2n) is 10.8. The van der Waals surface area contributed by atoms with Crippen LogP contribution < -0.4 is 5.73 Å². The van der Waals surface area contributed by atoms with E-state index in [-0.39, 0.29) is 34.6 Å². The van der Waals surface area contributed by atoms with Crippen molar-refractivity contribution >= 4 is 27.2 Å². The fraction of sp³-hybridized carbons (Fsp3) is 0.276. The van der Waals surface area contributed by atoms with Crippen molar-refractivity contribution in [2.24, 2.45) is 0 Å². The number of sulfone groups is 1. The van der Waals surface area contributed by atoms with Crippen molar-refractivity contribution < 1.29 is 13.2 Å². The molecular formula is C29H28N8O3S. The van der Waals surface area contributed by atoms with Crippen molar-refractivity contribution in [3.05, 3.63) is 78.8 Å². The van der Waals surface area contributed by atoms with E-state index in [1.165, 1.54) is 4.52 Å². The lowest BCUT2D eigenvalue weighted by molar-refractivity contribution is 0.0556. The number of anilines is 1. The van der Waals surface area contributed by atoms with Crippen LogP contribution in [0.4, 0.5) is 5.82 Å². The number of carbonyl (C=O) groups excluding carboxylic acids is 1. The Bertz CT molecular complexity index is 1850. The highest BCUT2D eigenvalue weighted by molar-refractivity contribution is 7.91. The van der Waals surface area contributed by atoms with Crippen LogP contribution in [0.15, 0.2) is 72.1 Å². The monoisotopic (exact) mass is 568 g/mol. The number of rotatable bonds is 5. The molecule has 2 aliphatic heterocycles. The maximum absolute atomic E-state index is 13.2. The number of hydrogen-bond acceptors (Lipinski definition) is 8. The number of nitrogens with two attached hydrogens (primary N) is 1. The van der Waals surface area contributed by atoms with Crippen molar-refractivity contribution in [3.8, 4) is 22.4 Å². The first-order chi connectivity index (χ1) is 19.8. The van der Waals surface area contributed by atoms with Gasteiger partial charge in [-0.2, -0.15) is 9.61 Å². The van der Waals surface area contributed by atoms with Crippen molar-refractivity contribution in [1.29, 1.82) is 0 Å². The van der Waals surface area contributed by atoms with Gasteiger partial charge in [0.1, 0.15) is 10.7 Å². The van der Waals surface area contributed by atoms with E-state index in [1.807, 2.05) is 47.4 Å². The topological polar surface area (TPSA) is 152 Å². The Hall–Kier alpha value is -4.58. The number of imidazole rings is 1. The predicted molar refractivity (Wildman–Crippen MR) is 153 cm³/mol. The van der Waals surface area contributed by atoms with Gasteiger partial charge in [-0.1, -0.05) is 36.4 Å². The summed E-state index contributed by atoms with van der Waals surface area (Å²) < 4.78 is 27.5. The molecule has 2 aliphatic rings. The molecular weight excluding hydrogens is 540 g/mol. The van der Waals surface area contributed by atoms with E-state index in [1.54, 1.807) is 24.8 Å². The Morgan fingerprint density at radius 1 is 1.00 bits per heavy atom. The molecule has 4 aromatic heterocycles. The standard InChI is InChI=1S/C29H28N8O3S/c1-41(39,40)25-24(19-13-20-8-9-21(14-19)36(20)29(38)27-31-11-12-32-27)35-28-22(16-34-37(28)26(25)30)18-7-10-23(33-15-18)17-5-3-2-4-6-17/h2-7,10-12,15-16,19-21H,8-9,13-14,30H2,1H3,(H,31,32)/t19-,20+,21-. The number of nitrogen functional groups attached to an aromatic ring is 1. The summed E-state index contributed by atoms with van der Waals surface area (Å²) in [7, 11) is -3.73. The lowest BCUT2D eigenvalue weighted by Gasteiger charge is -2.38. The third-order valence-corrected chi connectivity index (χ3v) is 9.39. The molecule has 41 heavy (non-hydrogen) atoms. The number of nitrogens with one attached hydrogen (secondary N) is 1. The second kappa shape index (κ2) is 9.51. The number of amides is 1. The van der Waals surface area contributed by atoms with Crippen LogP contribution in [0, 0.1) is 0 Å². The van der Waals surface area contributed by atoms with Gasteiger partial charge in [0.2, 0.25) is 0 Å². The van der Waals surface area contributed by atoms with Crippen molar-refractivity contribution in [3.63, 3.8) is 0 Å². The number of aromatic amines is 1. The van der Waals surface area contributed by atoms with Crippen LogP contribution in [0.1, 0.15) is 47.9 Å². The Kier molecular flexibility index (Phi) is 5.89. The highest BCUT2D eigenvalue weighted by Crippen LogP contribution is 2.45. The Morgan fingerprint density at radius 2 is 1.76 bits per heavy atom. The van der Waals surface area contributed by atoms with Crippen molar-refractivity contribution in [2.45, 2.75) is 48.6 Å². The molecule has 3 atom stereocenters. The molecule has 208 valence electrons. The van der Waals surface area contributed by atoms with Gasteiger partial charge in [0.25, 0.3) is 5.91 Å². The molecule has 3 N–H and O–H groups in total. The molecule has 7 rings (SSSR count). The van der Waals surface area contributed by atoms with Crippen LogP contribution in [0.5, 0.6) is 0 Å². The number of H-pyrrole nitrogens is 1. The number of nitrogens with zero attached hydrogens (tertiary/aromatic N) is 6. The van der Waals surface area contributed by atoms with Gasteiger partial charge in [-0.05, 0) is 31.7 Å². The largest absolute Gasteiger partial charge is 0.382 e. The zero-order valence-electron chi connectivity index (χ0n) is 22.3. The molecule has 0 radical (unpaired) electrons. The summed E-state index contributed by atoms with van der Waals surface area (Å²) in [6, 6.07) is 13.7. The molecule has 2 bridgehead atoms. The molecule has 0 spiro atoms. The van der Waals surface area contributed by atoms with E-state index < -0.39 is 9.84 Å². The predicted octanol–water partition coefficient (Wildman–Crippen LogP) is 3.72. The zero-order valence-corrected chi connectivity index (χ0v) is 23.1. The number of fused-ring (bicyclic) bond motifs is 3. The summed E-state index contributed by atoms with van der Waals surface area (Å²) in [5, 5.41) is 4.42. The molecule has 2 saturated heterocycles. The summed E-state index contributed by atoms with van der Waals surface area (Å²) in [6.07, 6.45) is 10.6. The SMILES string of the molecule is CS(=O)(=O)c1c([C@H]2C[C@H]3CC[C@@H](C2)N3C(=O)c2ncc[nH]2)nc2c(-c3ccc(-c4ccccc4)nc3)cnn2c1N. The van der Waals surface area contributed by atoms with Crippen molar-refractivity contribution in [1.82, 2.24) is 34.4 Å². The number of benzene rings is 1. The average molecular weight is 569 g/mol. The Balaban J connectivity index is 1.29. The maximum atomic E-state index is 13.2. The zero-order chi connectivity index (χ0) is 28.3. The van der Waals surface area contributed by atoms with Crippen LogP contribution in [0.2, 0.25) is 0 Å². The summed E-state index contributed by atoms with van der Waals surface area (Å²) in [5.41, 5.74) is 10.8. The molecule has 1 amide bonds. The maximum Gasteiger partial charge on any atom is 0.290 e. The molecule has 11 nitrogen and oxygen atoms in total. The lowest BCUT2D eigenvalue weighted by atomic mass is 9.87. The van der Waals surface area contributed by atoms with Gasteiger partial charge in [0.05, 0.1) is 17.6 Å². The van der Waals surface area contributed by atoms with Gasteiger partial charge in [-0.15, -0.1) is 0 Å².